The summed E-state index contributed by atoms with van der Waals surface area (Å²) in [6.07, 6.45) is 0.769. The lowest BCUT2D eigenvalue weighted by Crippen LogP contribution is -2.46. The van der Waals surface area contributed by atoms with Crippen LogP contribution in [0.3, 0.4) is 0 Å². The Hall–Kier alpha value is -2.38. The number of nitrogens with zero attached hydrogens (tertiary/aromatic N) is 1. The van der Waals surface area contributed by atoms with Crippen LogP contribution in [0.5, 0.6) is 5.75 Å². The molecule has 0 bridgehead atoms. The monoisotopic (exact) mass is 411 g/mol. The Bertz CT molecular complexity index is 793. The second kappa shape index (κ2) is 7.80. The fourth-order valence-corrected chi connectivity index (χ4v) is 3.35. The molecule has 0 radical (unpaired) electrons. The molecular formula is C21H27F2NO5. The molecule has 8 heteroatoms. The molecule has 0 atom stereocenters. The van der Waals surface area contributed by atoms with Gasteiger partial charge in [0, 0.05) is 32.0 Å². The first-order valence-electron chi connectivity index (χ1n) is 9.84. The molecule has 160 valence electrons. The minimum atomic E-state index is -1.67. The summed E-state index contributed by atoms with van der Waals surface area (Å²) in [6.45, 7) is 5.02. The van der Waals surface area contributed by atoms with E-state index in [9.17, 15) is 14.0 Å². The van der Waals surface area contributed by atoms with Gasteiger partial charge in [0.2, 0.25) is 0 Å². The molecule has 1 saturated carbocycles. The molecule has 1 aromatic carbocycles. The molecule has 0 unspecified atom stereocenters. The fraction of sp³-hybridized carbons (Fsp3) is 0.619. The second-order valence-electron chi connectivity index (χ2n) is 8.86. The minimum Gasteiger partial charge on any atom is -0.490 e. The van der Waals surface area contributed by atoms with E-state index in [0.29, 0.717) is 5.56 Å². The number of amides is 1. The zero-order chi connectivity index (χ0) is 21.4. The van der Waals surface area contributed by atoms with Gasteiger partial charge in [-0.1, -0.05) is 0 Å². The van der Waals surface area contributed by atoms with Crippen molar-refractivity contribution < 1.29 is 33.0 Å². The summed E-state index contributed by atoms with van der Waals surface area (Å²) < 4.78 is 40.5. The van der Waals surface area contributed by atoms with Crippen molar-refractivity contribution in [2.24, 2.45) is 0 Å². The number of hydrogen-bond donors (Lipinski definition) is 1. The number of rotatable bonds is 5. The summed E-state index contributed by atoms with van der Waals surface area (Å²) in [6, 6.07) is 2.58. The van der Waals surface area contributed by atoms with Gasteiger partial charge in [0.25, 0.3) is 0 Å². The lowest BCUT2D eigenvalue weighted by Gasteiger charge is -2.34. The number of carbonyl (C=O) groups is 2. The number of likely N-dealkylation sites (tertiary alicyclic amines) is 1. The highest BCUT2D eigenvalue weighted by Gasteiger charge is 2.38. The van der Waals surface area contributed by atoms with Crippen LogP contribution in [0.15, 0.2) is 12.1 Å². The van der Waals surface area contributed by atoms with Crippen LogP contribution in [0.2, 0.25) is 0 Å². The van der Waals surface area contributed by atoms with Crippen LogP contribution >= 0.6 is 0 Å². The molecule has 1 aliphatic carbocycles. The van der Waals surface area contributed by atoms with E-state index >= 15 is 4.39 Å². The average molecular weight is 411 g/mol. The zero-order valence-electron chi connectivity index (χ0n) is 17.0. The smallest absolute Gasteiger partial charge is 0.407 e. The largest absolute Gasteiger partial charge is 0.490 e. The van der Waals surface area contributed by atoms with Crippen molar-refractivity contribution in [1.82, 2.24) is 4.90 Å². The van der Waals surface area contributed by atoms with E-state index in [1.165, 1.54) is 11.0 Å². The van der Waals surface area contributed by atoms with Gasteiger partial charge in [-0.2, -0.15) is 0 Å². The topological polar surface area (TPSA) is 76.1 Å². The van der Waals surface area contributed by atoms with Crippen molar-refractivity contribution in [2.45, 2.75) is 63.6 Å². The van der Waals surface area contributed by atoms with Crippen LogP contribution in [0, 0.1) is 5.82 Å². The summed E-state index contributed by atoms with van der Waals surface area (Å²) in [5.41, 5.74) is -1.89. The molecule has 2 aliphatic rings. The number of halogens is 2. The lowest BCUT2D eigenvalue weighted by atomic mass is 9.94. The van der Waals surface area contributed by atoms with E-state index in [2.05, 4.69) is 0 Å². The maximum atomic E-state index is 15.0. The van der Waals surface area contributed by atoms with E-state index in [4.69, 9.17) is 14.6 Å². The van der Waals surface area contributed by atoms with Crippen molar-refractivity contribution in [3.05, 3.63) is 29.1 Å². The summed E-state index contributed by atoms with van der Waals surface area (Å²) in [4.78, 5) is 24.5. The Morgan fingerprint density at radius 1 is 1.24 bits per heavy atom. The highest BCUT2D eigenvalue weighted by molar-refractivity contribution is 5.90. The predicted octanol–water partition coefficient (Wildman–Crippen LogP) is 4.52. The standard InChI is InChI=1S/C21H27F2NO5/c1-20(2,3)29-18(25)15-10-14(13-4-5-13)17(11-16(15)22)28-12-21(23)6-8-24(9-7-21)19(26)27/h10-11,13H,4-9,12H2,1-3H3,(H,26,27). The predicted molar refractivity (Wildman–Crippen MR) is 102 cm³/mol. The van der Waals surface area contributed by atoms with Crippen molar-refractivity contribution >= 4 is 12.1 Å². The van der Waals surface area contributed by atoms with Gasteiger partial charge >= 0.3 is 12.1 Å². The van der Waals surface area contributed by atoms with Gasteiger partial charge in [-0.15, -0.1) is 0 Å². The van der Waals surface area contributed by atoms with Gasteiger partial charge < -0.3 is 19.5 Å². The Balaban J connectivity index is 1.74. The van der Waals surface area contributed by atoms with Crippen LogP contribution in [0.4, 0.5) is 13.6 Å². The van der Waals surface area contributed by atoms with E-state index in [1.807, 2.05) is 0 Å². The van der Waals surface area contributed by atoms with Crippen LogP contribution in [-0.4, -0.2) is 53.0 Å². The van der Waals surface area contributed by atoms with Crippen LogP contribution in [-0.2, 0) is 4.74 Å². The molecule has 0 aromatic heterocycles. The number of esters is 1. The van der Waals surface area contributed by atoms with Crippen LogP contribution in [0.25, 0.3) is 0 Å². The molecule has 1 saturated heterocycles. The van der Waals surface area contributed by atoms with Crippen molar-refractivity contribution in [3.8, 4) is 5.75 Å². The van der Waals surface area contributed by atoms with Gasteiger partial charge in [0.05, 0.1) is 5.56 Å². The zero-order valence-corrected chi connectivity index (χ0v) is 17.0. The third-order valence-corrected chi connectivity index (χ3v) is 5.15. The number of benzene rings is 1. The summed E-state index contributed by atoms with van der Waals surface area (Å²) in [7, 11) is 0. The molecule has 1 heterocycles. The first-order chi connectivity index (χ1) is 13.5. The van der Waals surface area contributed by atoms with Crippen molar-refractivity contribution in [1.29, 1.82) is 0 Å². The number of carboxylic acid groups (broad SMARTS) is 1. The Morgan fingerprint density at radius 3 is 2.38 bits per heavy atom. The number of hydrogen-bond acceptors (Lipinski definition) is 4. The molecular weight excluding hydrogens is 384 g/mol. The fourth-order valence-electron chi connectivity index (χ4n) is 3.35. The van der Waals surface area contributed by atoms with Gasteiger partial charge in [-0.25, -0.2) is 18.4 Å². The summed E-state index contributed by atoms with van der Waals surface area (Å²) >= 11 is 0. The van der Waals surface area contributed by atoms with E-state index in [-0.39, 0.29) is 49.8 Å². The molecule has 3 rings (SSSR count). The molecule has 29 heavy (non-hydrogen) atoms. The summed E-state index contributed by atoms with van der Waals surface area (Å²) in [5.74, 6) is -1.13. The van der Waals surface area contributed by atoms with Crippen molar-refractivity contribution in [3.63, 3.8) is 0 Å². The summed E-state index contributed by atoms with van der Waals surface area (Å²) in [5, 5.41) is 8.99. The minimum absolute atomic E-state index is 0.0243. The average Bonchev–Trinajstić information content (AvgIpc) is 3.44. The second-order valence-corrected chi connectivity index (χ2v) is 8.86. The first kappa shape index (κ1) is 21.3. The molecule has 1 N–H and O–H groups in total. The van der Waals surface area contributed by atoms with E-state index in [0.717, 1.165) is 18.9 Å². The van der Waals surface area contributed by atoms with Crippen LogP contribution < -0.4 is 4.74 Å². The quantitative estimate of drug-likeness (QED) is 0.721. The molecule has 1 aliphatic heterocycles. The first-order valence-corrected chi connectivity index (χ1v) is 9.84. The molecule has 1 amide bonds. The highest BCUT2D eigenvalue weighted by Crippen LogP contribution is 2.45. The molecule has 1 aromatic rings. The Kier molecular flexibility index (Phi) is 5.74. The van der Waals surface area contributed by atoms with E-state index in [1.54, 1.807) is 20.8 Å². The maximum absolute atomic E-state index is 15.0. The number of alkyl halides is 1. The number of ether oxygens (including phenoxy) is 2. The van der Waals surface area contributed by atoms with Gasteiger partial charge in [0.15, 0.2) is 0 Å². The SMILES string of the molecule is CC(C)(C)OC(=O)c1cc(C2CC2)c(OCC2(F)CCN(C(=O)O)CC2)cc1F. The van der Waals surface area contributed by atoms with Crippen LogP contribution in [0.1, 0.15) is 68.3 Å². The molecule has 0 spiro atoms. The highest BCUT2D eigenvalue weighted by atomic mass is 19.1. The van der Waals surface area contributed by atoms with Crippen molar-refractivity contribution in [2.75, 3.05) is 19.7 Å². The number of carbonyl (C=O) groups excluding carboxylic acids is 1. The number of piperidine rings is 1. The van der Waals surface area contributed by atoms with E-state index < -0.39 is 29.1 Å². The Morgan fingerprint density at radius 2 is 1.86 bits per heavy atom. The van der Waals surface area contributed by atoms with Gasteiger partial charge in [-0.3, -0.25) is 0 Å². The normalized spacial score (nSPS) is 19.0. The van der Waals surface area contributed by atoms with Gasteiger partial charge in [-0.05, 0) is 51.2 Å². The Labute approximate surface area is 168 Å². The molecule has 2 fully saturated rings. The third kappa shape index (κ3) is 5.36. The molecule has 6 nitrogen and oxygen atoms in total. The lowest BCUT2D eigenvalue weighted by molar-refractivity contribution is 0.00624. The van der Waals surface area contributed by atoms with Gasteiger partial charge in [0.1, 0.15) is 29.4 Å². The third-order valence-electron chi connectivity index (χ3n) is 5.15. The maximum Gasteiger partial charge on any atom is 0.407 e.